The number of anilines is 1. The molecule has 0 fully saturated rings. The summed E-state index contributed by atoms with van der Waals surface area (Å²) in [6.45, 7) is 0.285. The van der Waals surface area contributed by atoms with Gasteiger partial charge >= 0.3 is 0 Å². The van der Waals surface area contributed by atoms with E-state index in [1.165, 1.54) is 0 Å². The van der Waals surface area contributed by atoms with Crippen LogP contribution in [0, 0.1) is 0 Å². The van der Waals surface area contributed by atoms with Crippen LogP contribution in [-0.2, 0) is 9.47 Å². The van der Waals surface area contributed by atoms with E-state index in [-0.39, 0.29) is 6.61 Å². The summed E-state index contributed by atoms with van der Waals surface area (Å²) in [6.07, 6.45) is -0.401. The number of nitrogens with two attached hydrogens (primary N) is 1. The SMILES string of the molecule is COc1cc(N)ccc1OCC(OC)OC. The van der Waals surface area contributed by atoms with Crippen molar-refractivity contribution in [1.29, 1.82) is 0 Å². The fourth-order valence-corrected chi connectivity index (χ4v) is 1.19. The predicted octanol–water partition coefficient (Wildman–Crippen LogP) is 1.28. The maximum atomic E-state index is 5.63. The van der Waals surface area contributed by atoms with Crippen LogP contribution in [0.3, 0.4) is 0 Å². The van der Waals surface area contributed by atoms with Crippen LogP contribution in [0.15, 0.2) is 18.2 Å². The number of nitrogen functional groups attached to an aromatic ring is 1. The average molecular weight is 227 g/mol. The van der Waals surface area contributed by atoms with Crippen LogP contribution >= 0.6 is 0 Å². The Hall–Kier alpha value is -1.46. The third-order valence-electron chi connectivity index (χ3n) is 2.09. The maximum Gasteiger partial charge on any atom is 0.191 e. The number of methoxy groups -OCH3 is 3. The maximum absolute atomic E-state index is 5.63. The lowest BCUT2D eigenvalue weighted by molar-refractivity contribution is -0.122. The molecule has 16 heavy (non-hydrogen) atoms. The topological polar surface area (TPSA) is 62.9 Å². The van der Waals surface area contributed by atoms with E-state index in [0.717, 1.165) is 0 Å². The highest BCUT2D eigenvalue weighted by Crippen LogP contribution is 2.29. The number of ether oxygens (including phenoxy) is 4. The fourth-order valence-electron chi connectivity index (χ4n) is 1.19. The van der Waals surface area contributed by atoms with Gasteiger partial charge in [0.1, 0.15) is 6.61 Å². The van der Waals surface area contributed by atoms with Crippen molar-refractivity contribution >= 4 is 5.69 Å². The zero-order valence-electron chi connectivity index (χ0n) is 9.73. The standard InChI is InChI=1S/C11H17NO4/c1-13-10-6-8(12)4-5-9(10)16-7-11(14-2)15-3/h4-6,11H,7,12H2,1-3H3. The molecular formula is C11H17NO4. The van der Waals surface area contributed by atoms with Crippen LogP contribution in [0.1, 0.15) is 0 Å². The molecule has 0 saturated heterocycles. The largest absolute Gasteiger partial charge is 0.493 e. The van der Waals surface area contributed by atoms with Gasteiger partial charge in [0.25, 0.3) is 0 Å². The van der Waals surface area contributed by atoms with E-state index >= 15 is 0 Å². The van der Waals surface area contributed by atoms with Gasteiger partial charge in [-0.05, 0) is 12.1 Å². The molecule has 2 N–H and O–H groups in total. The first-order chi connectivity index (χ1) is 7.71. The quantitative estimate of drug-likeness (QED) is 0.585. The second-order valence-corrected chi connectivity index (χ2v) is 3.12. The summed E-state index contributed by atoms with van der Waals surface area (Å²) in [5, 5.41) is 0. The second-order valence-electron chi connectivity index (χ2n) is 3.12. The van der Waals surface area contributed by atoms with Crippen LogP contribution in [0.4, 0.5) is 5.69 Å². The average Bonchev–Trinajstić information content (AvgIpc) is 2.31. The van der Waals surface area contributed by atoms with Gasteiger partial charge in [0.2, 0.25) is 0 Å². The van der Waals surface area contributed by atoms with E-state index in [4.69, 9.17) is 24.7 Å². The molecule has 0 amide bonds. The predicted molar refractivity (Wildman–Crippen MR) is 60.7 cm³/mol. The third-order valence-corrected chi connectivity index (χ3v) is 2.09. The Morgan fingerprint density at radius 3 is 2.38 bits per heavy atom. The van der Waals surface area contributed by atoms with Crippen LogP contribution in [-0.4, -0.2) is 34.2 Å². The number of benzene rings is 1. The van der Waals surface area contributed by atoms with Crippen molar-refractivity contribution < 1.29 is 18.9 Å². The van der Waals surface area contributed by atoms with E-state index in [9.17, 15) is 0 Å². The smallest absolute Gasteiger partial charge is 0.191 e. The minimum absolute atomic E-state index is 0.285. The molecule has 5 nitrogen and oxygen atoms in total. The molecule has 0 heterocycles. The van der Waals surface area contributed by atoms with Crippen molar-refractivity contribution in [3.63, 3.8) is 0 Å². The van der Waals surface area contributed by atoms with E-state index in [2.05, 4.69) is 0 Å². The Morgan fingerprint density at radius 1 is 1.12 bits per heavy atom. The van der Waals surface area contributed by atoms with E-state index in [0.29, 0.717) is 17.2 Å². The van der Waals surface area contributed by atoms with Gasteiger partial charge in [-0.2, -0.15) is 0 Å². The molecule has 0 aliphatic rings. The summed E-state index contributed by atoms with van der Waals surface area (Å²) in [4.78, 5) is 0. The third kappa shape index (κ3) is 3.29. The molecule has 0 atom stereocenters. The van der Waals surface area contributed by atoms with Crippen LogP contribution < -0.4 is 15.2 Å². The molecule has 1 rings (SSSR count). The molecular weight excluding hydrogens is 210 g/mol. The van der Waals surface area contributed by atoms with Gasteiger partial charge in [-0.1, -0.05) is 0 Å². The number of hydrogen-bond donors (Lipinski definition) is 1. The molecule has 0 aliphatic heterocycles. The summed E-state index contributed by atoms with van der Waals surface area (Å²) in [6, 6.07) is 5.19. The highest BCUT2D eigenvalue weighted by atomic mass is 16.7. The van der Waals surface area contributed by atoms with Gasteiger partial charge in [-0.3, -0.25) is 0 Å². The molecule has 1 aromatic rings. The normalized spacial score (nSPS) is 10.5. The molecule has 0 aliphatic carbocycles. The zero-order valence-corrected chi connectivity index (χ0v) is 9.73. The summed E-state index contributed by atoms with van der Waals surface area (Å²) < 4.78 is 20.6. The van der Waals surface area contributed by atoms with Gasteiger partial charge in [0.05, 0.1) is 7.11 Å². The highest BCUT2D eigenvalue weighted by molar-refractivity contribution is 5.51. The lowest BCUT2D eigenvalue weighted by atomic mass is 10.3. The Bertz CT molecular complexity index is 326. The molecule has 0 radical (unpaired) electrons. The first-order valence-corrected chi connectivity index (χ1v) is 4.83. The van der Waals surface area contributed by atoms with E-state index in [1.807, 2.05) is 0 Å². The molecule has 0 unspecified atom stereocenters. The molecule has 90 valence electrons. The second kappa shape index (κ2) is 6.19. The molecule has 5 heteroatoms. The molecule has 0 bridgehead atoms. The summed E-state index contributed by atoms with van der Waals surface area (Å²) >= 11 is 0. The number of hydrogen-bond acceptors (Lipinski definition) is 5. The fraction of sp³-hybridized carbons (Fsp3) is 0.455. The van der Waals surface area contributed by atoms with Crippen molar-refractivity contribution in [2.75, 3.05) is 33.7 Å². The summed E-state index contributed by atoms with van der Waals surface area (Å²) in [5.74, 6) is 1.20. The lowest BCUT2D eigenvalue weighted by Gasteiger charge is -2.16. The molecule has 0 aromatic heterocycles. The first kappa shape index (κ1) is 12.6. The van der Waals surface area contributed by atoms with E-state index in [1.54, 1.807) is 39.5 Å². The van der Waals surface area contributed by atoms with Gasteiger partial charge < -0.3 is 24.7 Å². The first-order valence-electron chi connectivity index (χ1n) is 4.83. The van der Waals surface area contributed by atoms with Crippen molar-refractivity contribution in [1.82, 2.24) is 0 Å². The van der Waals surface area contributed by atoms with Crippen molar-refractivity contribution in [3.8, 4) is 11.5 Å². The molecule has 0 spiro atoms. The minimum Gasteiger partial charge on any atom is -0.493 e. The van der Waals surface area contributed by atoms with Gasteiger partial charge in [-0.25, -0.2) is 0 Å². The van der Waals surface area contributed by atoms with E-state index < -0.39 is 6.29 Å². The van der Waals surface area contributed by atoms with Crippen molar-refractivity contribution in [3.05, 3.63) is 18.2 Å². The van der Waals surface area contributed by atoms with Crippen LogP contribution in [0.5, 0.6) is 11.5 Å². The van der Waals surface area contributed by atoms with Crippen molar-refractivity contribution in [2.45, 2.75) is 6.29 Å². The Balaban J connectivity index is 2.65. The van der Waals surface area contributed by atoms with Crippen molar-refractivity contribution in [2.24, 2.45) is 0 Å². The van der Waals surface area contributed by atoms with Gasteiger partial charge in [-0.15, -0.1) is 0 Å². The summed E-state index contributed by atoms with van der Waals surface area (Å²) in [7, 11) is 4.67. The van der Waals surface area contributed by atoms with Gasteiger partial charge in [0.15, 0.2) is 17.8 Å². The minimum atomic E-state index is -0.401. The van der Waals surface area contributed by atoms with Crippen LogP contribution in [0.2, 0.25) is 0 Å². The van der Waals surface area contributed by atoms with Gasteiger partial charge in [0, 0.05) is 26.0 Å². The Labute approximate surface area is 95.1 Å². The molecule has 1 aromatic carbocycles. The Kier molecular flexibility index (Phi) is 4.88. The lowest BCUT2D eigenvalue weighted by Crippen LogP contribution is -2.22. The Morgan fingerprint density at radius 2 is 1.81 bits per heavy atom. The monoisotopic (exact) mass is 227 g/mol. The van der Waals surface area contributed by atoms with Crippen LogP contribution in [0.25, 0.3) is 0 Å². The molecule has 0 saturated carbocycles. The zero-order chi connectivity index (χ0) is 12.0. The summed E-state index contributed by atoms with van der Waals surface area (Å²) in [5.41, 5.74) is 6.25. The highest BCUT2D eigenvalue weighted by Gasteiger charge is 2.09. The number of rotatable bonds is 6.